The fourth-order valence-electron chi connectivity index (χ4n) is 0.990. The lowest BCUT2D eigenvalue weighted by Crippen LogP contribution is -2.02. The highest BCUT2D eigenvalue weighted by molar-refractivity contribution is 6.31. The van der Waals surface area contributed by atoms with Gasteiger partial charge < -0.3 is 5.01 Å². The molecule has 1 rings (SSSR count). The number of nitrogens with zero attached hydrogens (tertiary/aromatic N) is 2. The maximum absolute atomic E-state index is 12.7. The van der Waals surface area contributed by atoms with E-state index in [2.05, 4.69) is 5.10 Å². The molecule has 1 aromatic carbocycles. The molecule has 0 saturated carbocycles. The summed E-state index contributed by atoms with van der Waals surface area (Å²) in [6, 6.07) is 4.37. The third kappa shape index (κ3) is 3.34. The van der Waals surface area contributed by atoms with Crippen LogP contribution in [0, 0.1) is 5.82 Å². The van der Waals surface area contributed by atoms with E-state index in [0.717, 1.165) is 5.56 Å². The van der Waals surface area contributed by atoms with E-state index < -0.39 is 0 Å². The van der Waals surface area contributed by atoms with Crippen molar-refractivity contribution in [2.45, 2.75) is 6.42 Å². The third-order valence-corrected chi connectivity index (χ3v) is 1.99. The van der Waals surface area contributed by atoms with Crippen molar-refractivity contribution in [1.29, 1.82) is 0 Å². The van der Waals surface area contributed by atoms with Gasteiger partial charge in [0.1, 0.15) is 5.82 Å². The third-order valence-electron chi connectivity index (χ3n) is 1.64. The van der Waals surface area contributed by atoms with E-state index in [1.54, 1.807) is 17.3 Å². The van der Waals surface area contributed by atoms with Crippen LogP contribution in [0.1, 0.15) is 5.56 Å². The number of hydrazone groups is 1. The van der Waals surface area contributed by atoms with E-state index >= 15 is 0 Å². The minimum absolute atomic E-state index is 0.316. The Bertz CT molecular complexity index is 337. The summed E-state index contributed by atoms with van der Waals surface area (Å²) in [5, 5.41) is 6.17. The van der Waals surface area contributed by atoms with Gasteiger partial charge in [-0.3, -0.25) is 0 Å². The topological polar surface area (TPSA) is 15.6 Å². The number of halogens is 2. The number of hydrogen-bond acceptors (Lipinski definition) is 2. The molecule has 0 bridgehead atoms. The number of hydrogen-bond donors (Lipinski definition) is 0. The second kappa shape index (κ2) is 4.96. The molecule has 0 atom stereocenters. The van der Waals surface area contributed by atoms with Crippen molar-refractivity contribution in [3.63, 3.8) is 0 Å². The molecule has 0 aliphatic heterocycles. The largest absolute Gasteiger partial charge is 0.303 e. The van der Waals surface area contributed by atoms with E-state index in [-0.39, 0.29) is 5.82 Å². The number of benzene rings is 1. The smallest absolute Gasteiger partial charge is 0.124 e. The summed E-state index contributed by atoms with van der Waals surface area (Å²) in [5.74, 6) is -0.316. The molecule has 0 heterocycles. The fraction of sp³-hybridized carbons (Fsp3) is 0.300. The van der Waals surface area contributed by atoms with Crippen molar-refractivity contribution in [2.24, 2.45) is 5.10 Å². The molecule has 0 aliphatic carbocycles. The Kier molecular flexibility index (Phi) is 3.89. The molecule has 14 heavy (non-hydrogen) atoms. The van der Waals surface area contributed by atoms with Crippen LogP contribution in [0.15, 0.2) is 23.3 Å². The second-order valence-electron chi connectivity index (χ2n) is 3.09. The second-order valence-corrected chi connectivity index (χ2v) is 3.49. The molecule has 0 aromatic heterocycles. The van der Waals surface area contributed by atoms with Crippen LogP contribution < -0.4 is 0 Å². The maximum atomic E-state index is 12.7. The van der Waals surface area contributed by atoms with Crippen molar-refractivity contribution in [3.05, 3.63) is 34.6 Å². The highest BCUT2D eigenvalue weighted by atomic mass is 35.5. The van der Waals surface area contributed by atoms with Gasteiger partial charge in [0.25, 0.3) is 0 Å². The van der Waals surface area contributed by atoms with Crippen LogP contribution in [0.2, 0.25) is 5.02 Å². The highest BCUT2D eigenvalue weighted by Crippen LogP contribution is 2.16. The summed E-state index contributed by atoms with van der Waals surface area (Å²) in [6.07, 6.45) is 2.34. The van der Waals surface area contributed by atoms with Gasteiger partial charge in [-0.25, -0.2) is 4.39 Å². The van der Waals surface area contributed by atoms with Crippen molar-refractivity contribution in [3.8, 4) is 0 Å². The van der Waals surface area contributed by atoms with Crippen molar-refractivity contribution >= 4 is 17.8 Å². The lowest BCUT2D eigenvalue weighted by atomic mass is 10.2. The summed E-state index contributed by atoms with van der Waals surface area (Å²) in [7, 11) is 3.67. The zero-order valence-electron chi connectivity index (χ0n) is 8.17. The van der Waals surface area contributed by atoms with Gasteiger partial charge >= 0.3 is 0 Å². The molecule has 1 aromatic rings. The van der Waals surface area contributed by atoms with Crippen LogP contribution >= 0.6 is 11.6 Å². The first-order valence-electron chi connectivity index (χ1n) is 4.23. The average Bonchev–Trinajstić information content (AvgIpc) is 2.08. The van der Waals surface area contributed by atoms with Crippen molar-refractivity contribution in [2.75, 3.05) is 14.1 Å². The first kappa shape index (κ1) is 11.0. The molecule has 4 heteroatoms. The first-order valence-corrected chi connectivity index (χ1v) is 4.61. The van der Waals surface area contributed by atoms with Crippen LogP contribution in [0.4, 0.5) is 4.39 Å². The molecule has 2 nitrogen and oxygen atoms in total. The van der Waals surface area contributed by atoms with E-state index in [1.807, 2.05) is 14.1 Å². The summed E-state index contributed by atoms with van der Waals surface area (Å²) in [5.41, 5.74) is 0.874. The van der Waals surface area contributed by atoms with Gasteiger partial charge in [0, 0.05) is 31.8 Å². The molecule has 0 N–H and O–H groups in total. The summed E-state index contributed by atoms with van der Waals surface area (Å²) in [4.78, 5) is 0. The molecule has 0 saturated heterocycles. The predicted molar refractivity (Wildman–Crippen MR) is 57.3 cm³/mol. The molecular weight excluding hydrogens is 203 g/mol. The molecule has 0 aliphatic rings. The summed E-state index contributed by atoms with van der Waals surface area (Å²) < 4.78 is 12.7. The van der Waals surface area contributed by atoms with Gasteiger partial charge in [-0.2, -0.15) is 5.10 Å². The highest BCUT2D eigenvalue weighted by Gasteiger charge is 1.99. The van der Waals surface area contributed by atoms with E-state index in [0.29, 0.717) is 11.4 Å². The molecule has 76 valence electrons. The lowest BCUT2D eigenvalue weighted by molar-refractivity contribution is 0.439. The summed E-state index contributed by atoms with van der Waals surface area (Å²) in [6.45, 7) is 0. The maximum Gasteiger partial charge on any atom is 0.124 e. The van der Waals surface area contributed by atoms with Gasteiger partial charge in [-0.05, 0) is 17.7 Å². The normalized spacial score (nSPS) is 10.9. The minimum atomic E-state index is -0.316. The Morgan fingerprint density at radius 3 is 2.79 bits per heavy atom. The van der Waals surface area contributed by atoms with Crippen LogP contribution in [0.25, 0.3) is 0 Å². The molecule has 0 unspecified atom stereocenters. The first-order chi connectivity index (χ1) is 6.59. The molecule has 0 spiro atoms. The molecule has 0 radical (unpaired) electrons. The van der Waals surface area contributed by atoms with Crippen LogP contribution in [-0.4, -0.2) is 25.3 Å². The van der Waals surface area contributed by atoms with Crippen molar-refractivity contribution in [1.82, 2.24) is 5.01 Å². The SMILES string of the molecule is CN(C)N=CCc1ccc(F)cc1Cl. The standard InChI is InChI=1S/C10H12ClFN2/c1-14(2)13-6-5-8-3-4-9(12)7-10(8)11/h3-4,6-7H,5H2,1-2H3. The Hall–Kier alpha value is -1.09. The van der Waals surface area contributed by atoms with Crippen LogP contribution in [0.3, 0.4) is 0 Å². The minimum Gasteiger partial charge on any atom is -0.303 e. The van der Waals surface area contributed by atoms with Gasteiger partial charge in [0.2, 0.25) is 0 Å². The van der Waals surface area contributed by atoms with Gasteiger partial charge in [-0.1, -0.05) is 17.7 Å². The van der Waals surface area contributed by atoms with Gasteiger partial charge in [0.05, 0.1) is 0 Å². The van der Waals surface area contributed by atoms with Gasteiger partial charge in [0.15, 0.2) is 0 Å². The van der Waals surface area contributed by atoms with Crippen LogP contribution in [0.5, 0.6) is 0 Å². The molecular formula is C10H12ClFN2. The Morgan fingerprint density at radius 2 is 2.21 bits per heavy atom. The van der Waals surface area contributed by atoms with Crippen molar-refractivity contribution < 1.29 is 4.39 Å². The Balaban J connectivity index is 2.68. The van der Waals surface area contributed by atoms with Gasteiger partial charge in [-0.15, -0.1) is 0 Å². The zero-order valence-corrected chi connectivity index (χ0v) is 8.92. The number of rotatable bonds is 3. The lowest BCUT2D eigenvalue weighted by Gasteiger charge is -2.03. The quantitative estimate of drug-likeness (QED) is 0.558. The molecule has 0 fully saturated rings. The summed E-state index contributed by atoms with van der Waals surface area (Å²) >= 11 is 5.83. The fourth-order valence-corrected chi connectivity index (χ4v) is 1.23. The van der Waals surface area contributed by atoms with E-state index in [4.69, 9.17) is 11.6 Å². The Labute approximate surface area is 88.0 Å². The average molecular weight is 215 g/mol. The predicted octanol–water partition coefficient (Wildman–Crippen LogP) is 2.57. The monoisotopic (exact) mass is 214 g/mol. The molecule has 0 amide bonds. The van der Waals surface area contributed by atoms with E-state index in [9.17, 15) is 4.39 Å². The van der Waals surface area contributed by atoms with E-state index in [1.165, 1.54) is 12.1 Å². The Morgan fingerprint density at radius 1 is 1.50 bits per heavy atom. The zero-order chi connectivity index (χ0) is 10.6. The van der Waals surface area contributed by atoms with Crippen LogP contribution in [-0.2, 0) is 6.42 Å².